The molecule has 3 rings (SSSR count). The van der Waals surface area contributed by atoms with Crippen LogP contribution in [0.2, 0.25) is 0 Å². The van der Waals surface area contributed by atoms with E-state index in [1.165, 1.54) is 0 Å². The smallest absolute Gasteiger partial charge is 0.259 e. The maximum Gasteiger partial charge on any atom is 0.259 e. The van der Waals surface area contributed by atoms with Gasteiger partial charge in [0.15, 0.2) is 5.82 Å². The van der Waals surface area contributed by atoms with Gasteiger partial charge in [-0.2, -0.15) is 10.4 Å². The van der Waals surface area contributed by atoms with Gasteiger partial charge in [-0.05, 0) is 30.2 Å². The van der Waals surface area contributed by atoms with Crippen LogP contribution in [0.4, 0.5) is 0 Å². The Morgan fingerprint density at radius 1 is 1.44 bits per heavy atom. The summed E-state index contributed by atoms with van der Waals surface area (Å²) in [6, 6.07) is 7.39. The Hall–Kier alpha value is -2.72. The Labute approximate surface area is 153 Å². The molecule has 1 aromatic carbocycles. The summed E-state index contributed by atoms with van der Waals surface area (Å²) in [5.74, 6) is 0.467. The molecule has 0 radical (unpaired) electrons. The number of hydrogen-bond donors (Lipinski definition) is 1. The van der Waals surface area contributed by atoms with Crippen LogP contribution in [0.25, 0.3) is 22.6 Å². The van der Waals surface area contributed by atoms with Crippen molar-refractivity contribution < 1.29 is 0 Å². The van der Waals surface area contributed by atoms with Crippen molar-refractivity contribution in [3.8, 4) is 6.07 Å². The highest BCUT2D eigenvalue weighted by Crippen LogP contribution is 2.23. The number of fused-ring (bicyclic) bond motifs is 1. The standard InChI is InChI=1S/C18H16BrN5O/c1-10(2)16-12(9-24(3)23-16)6-11(8-20)17-21-15-5-4-13(19)7-14(15)18(25)22-17/h4-7,9-10H,1-3H3,(H,21,22,25)/b11-6-. The minimum Gasteiger partial charge on any atom is -0.305 e. The van der Waals surface area contributed by atoms with Gasteiger partial charge in [0.05, 0.1) is 22.2 Å². The van der Waals surface area contributed by atoms with Crippen molar-refractivity contribution in [3.05, 3.63) is 56.3 Å². The number of aromatic amines is 1. The van der Waals surface area contributed by atoms with E-state index in [9.17, 15) is 10.1 Å². The van der Waals surface area contributed by atoms with Crippen molar-refractivity contribution in [2.45, 2.75) is 19.8 Å². The maximum absolute atomic E-state index is 12.3. The van der Waals surface area contributed by atoms with Crippen LogP contribution in [0.3, 0.4) is 0 Å². The van der Waals surface area contributed by atoms with Crippen LogP contribution >= 0.6 is 15.9 Å². The second-order valence-corrected chi connectivity index (χ2v) is 6.96. The third kappa shape index (κ3) is 3.39. The number of nitrogens with one attached hydrogen (secondary N) is 1. The average Bonchev–Trinajstić information content (AvgIpc) is 2.94. The number of aromatic nitrogens is 4. The summed E-state index contributed by atoms with van der Waals surface area (Å²) in [5.41, 5.74) is 2.28. The van der Waals surface area contributed by atoms with Gasteiger partial charge < -0.3 is 4.98 Å². The van der Waals surface area contributed by atoms with Crippen molar-refractivity contribution in [1.29, 1.82) is 5.26 Å². The van der Waals surface area contributed by atoms with Crippen molar-refractivity contribution in [2.75, 3.05) is 0 Å². The van der Waals surface area contributed by atoms with Crippen molar-refractivity contribution >= 4 is 38.5 Å². The highest BCUT2D eigenvalue weighted by Gasteiger charge is 2.13. The van der Waals surface area contributed by atoms with Gasteiger partial charge >= 0.3 is 0 Å². The number of H-pyrrole nitrogens is 1. The Morgan fingerprint density at radius 2 is 2.20 bits per heavy atom. The normalized spacial score (nSPS) is 11.9. The van der Waals surface area contributed by atoms with E-state index in [0.29, 0.717) is 10.9 Å². The molecule has 1 N–H and O–H groups in total. The largest absolute Gasteiger partial charge is 0.305 e. The van der Waals surface area contributed by atoms with Crippen LogP contribution in [0.15, 0.2) is 33.7 Å². The van der Waals surface area contributed by atoms with Gasteiger partial charge in [-0.15, -0.1) is 0 Å². The summed E-state index contributed by atoms with van der Waals surface area (Å²) in [4.78, 5) is 19.5. The number of allylic oxidation sites excluding steroid dienone is 1. The Balaban J connectivity index is 2.17. The van der Waals surface area contributed by atoms with Gasteiger partial charge in [0, 0.05) is 23.3 Å². The third-order valence-electron chi connectivity index (χ3n) is 3.78. The second-order valence-electron chi connectivity index (χ2n) is 6.04. The predicted octanol–water partition coefficient (Wildman–Crippen LogP) is 3.61. The summed E-state index contributed by atoms with van der Waals surface area (Å²) in [7, 11) is 1.84. The summed E-state index contributed by atoms with van der Waals surface area (Å²) >= 11 is 3.34. The Morgan fingerprint density at radius 3 is 2.88 bits per heavy atom. The van der Waals surface area contributed by atoms with Gasteiger partial charge in [0.25, 0.3) is 5.56 Å². The summed E-state index contributed by atoms with van der Waals surface area (Å²) in [5, 5.41) is 14.5. The van der Waals surface area contributed by atoms with Gasteiger partial charge in [-0.3, -0.25) is 9.48 Å². The molecule has 0 aliphatic heterocycles. The lowest BCUT2D eigenvalue weighted by Crippen LogP contribution is -2.11. The number of hydrogen-bond acceptors (Lipinski definition) is 4. The number of halogens is 1. The first-order valence-electron chi connectivity index (χ1n) is 7.74. The highest BCUT2D eigenvalue weighted by molar-refractivity contribution is 9.10. The molecule has 3 aromatic rings. The summed E-state index contributed by atoms with van der Waals surface area (Å²) in [6.07, 6.45) is 3.56. The van der Waals surface area contributed by atoms with E-state index in [2.05, 4.69) is 37.1 Å². The first-order valence-corrected chi connectivity index (χ1v) is 8.53. The molecule has 25 heavy (non-hydrogen) atoms. The fourth-order valence-electron chi connectivity index (χ4n) is 2.63. The molecule has 0 saturated heterocycles. The molecular formula is C18H16BrN5O. The molecule has 2 aromatic heterocycles. The zero-order chi connectivity index (χ0) is 18.1. The summed E-state index contributed by atoms with van der Waals surface area (Å²) in [6.45, 7) is 4.08. The van der Waals surface area contributed by atoms with Crippen molar-refractivity contribution in [2.24, 2.45) is 7.05 Å². The van der Waals surface area contributed by atoms with Crippen LogP contribution in [0, 0.1) is 11.3 Å². The molecule has 0 aliphatic rings. The molecule has 0 saturated carbocycles. The monoisotopic (exact) mass is 397 g/mol. The second kappa shape index (κ2) is 6.65. The molecule has 0 bridgehead atoms. The molecule has 126 valence electrons. The van der Waals surface area contributed by atoms with Crippen molar-refractivity contribution in [3.63, 3.8) is 0 Å². The van der Waals surface area contributed by atoms with Gasteiger partial charge in [0.2, 0.25) is 0 Å². The lowest BCUT2D eigenvalue weighted by Gasteiger charge is -2.04. The first-order chi connectivity index (χ1) is 11.9. The quantitative estimate of drug-likeness (QED) is 0.683. The van der Waals surface area contributed by atoms with Crippen molar-refractivity contribution in [1.82, 2.24) is 19.7 Å². The van der Waals surface area contributed by atoms with Gasteiger partial charge in [-0.25, -0.2) is 4.98 Å². The van der Waals surface area contributed by atoms with Gasteiger partial charge in [-0.1, -0.05) is 29.8 Å². The van der Waals surface area contributed by atoms with E-state index in [4.69, 9.17) is 0 Å². The topological polar surface area (TPSA) is 87.4 Å². The SMILES string of the molecule is CC(C)c1nn(C)cc1/C=C(/C#N)c1nc2ccc(Br)cc2c(=O)[nH]1. The van der Waals surface area contributed by atoms with E-state index in [1.54, 1.807) is 22.9 Å². The van der Waals surface area contributed by atoms with Crippen LogP contribution in [0.5, 0.6) is 0 Å². The number of aryl methyl sites for hydroxylation is 1. The minimum atomic E-state index is -0.280. The zero-order valence-electron chi connectivity index (χ0n) is 14.0. The lowest BCUT2D eigenvalue weighted by atomic mass is 10.0. The molecular weight excluding hydrogens is 382 g/mol. The zero-order valence-corrected chi connectivity index (χ0v) is 15.6. The average molecular weight is 398 g/mol. The fourth-order valence-corrected chi connectivity index (χ4v) is 2.99. The highest BCUT2D eigenvalue weighted by atomic mass is 79.9. The van der Waals surface area contributed by atoms with Crippen LogP contribution < -0.4 is 5.56 Å². The first kappa shape index (κ1) is 17.1. The maximum atomic E-state index is 12.3. The number of benzene rings is 1. The lowest BCUT2D eigenvalue weighted by molar-refractivity contribution is 0.713. The number of rotatable bonds is 3. The van der Waals surface area contributed by atoms with E-state index in [1.807, 2.05) is 33.2 Å². The molecule has 6 nitrogen and oxygen atoms in total. The molecule has 7 heteroatoms. The van der Waals surface area contributed by atoms with E-state index in [0.717, 1.165) is 15.7 Å². The molecule has 0 fully saturated rings. The van der Waals surface area contributed by atoms with E-state index in [-0.39, 0.29) is 22.9 Å². The Bertz CT molecular complexity index is 1090. The third-order valence-corrected chi connectivity index (χ3v) is 4.27. The van der Waals surface area contributed by atoms with Crippen LogP contribution in [-0.4, -0.2) is 19.7 Å². The molecule has 0 amide bonds. The van der Waals surface area contributed by atoms with Crippen LogP contribution in [-0.2, 0) is 7.05 Å². The van der Waals surface area contributed by atoms with E-state index >= 15 is 0 Å². The molecule has 0 unspecified atom stereocenters. The molecule has 0 atom stereocenters. The molecule has 2 heterocycles. The van der Waals surface area contributed by atoms with Gasteiger partial charge in [0.1, 0.15) is 6.07 Å². The minimum absolute atomic E-state index is 0.216. The van der Waals surface area contributed by atoms with Crippen LogP contribution in [0.1, 0.15) is 36.8 Å². The molecule has 0 aliphatic carbocycles. The number of nitriles is 1. The molecule has 0 spiro atoms. The fraction of sp³-hybridized carbons (Fsp3) is 0.222. The Kier molecular flexibility index (Phi) is 4.55. The predicted molar refractivity (Wildman–Crippen MR) is 101 cm³/mol. The van der Waals surface area contributed by atoms with E-state index < -0.39 is 0 Å². The number of nitrogens with zero attached hydrogens (tertiary/aromatic N) is 4. The summed E-state index contributed by atoms with van der Waals surface area (Å²) < 4.78 is 2.51.